The number of anilines is 1. The van der Waals surface area contributed by atoms with Gasteiger partial charge in [0.25, 0.3) is 5.91 Å². The first-order valence-corrected chi connectivity index (χ1v) is 9.36. The van der Waals surface area contributed by atoms with Crippen LogP contribution in [0.5, 0.6) is 0 Å². The number of nitrogens with one attached hydrogen (secondary N) is 1. The van der Waals surface area contributed by atoms with E-state index in [2.05, 4.69) is 10.3 Å². The highest BCUT2D eigenvalue weighted by Crippen LogP contribution is 2.30. The number of fused-ring (bicyclic) bond motifs is 1. The summed E-state index contributed by atoms with van der Waals surface area (Å²) >= 11 is 5.93. The third kappa shape index (κ3) is 4.16. The van der Waals surface area contributed by atoms with E-state index in [1.54, 1.807) is 12.3 Å². The van der Waals surface area contributed by atoms with Crippen molar-refractivity contribution in [2.45, 2.75) is 12.7 Å². The number of nitrogens with zero attached hydrogens (tertiary/aromatic N) is 2. The minimum absolute atomic E-state index is 0.182. The van der Waals surface area contributed by atoms with E-state index < -0.39 is 17.6 Å². The Morgan fingerprint density at radius 3 is 2.50 bits per heavy atom. The third-order valence-electron chi connectivity index (χ3n) is 4.63. The molecule has 4 nitrogen and oxygen atoms in total. The number of amides is 1. The molecule has 30 heavy (non-hydrogen) atoms. The summed E-state index contributed by atoms with van der Waals surface area (Å²) < 4.78 is 40.2. The lowest BCUT2D eigenvalue weighted by Gasteiger charge is -2.09. The van der Waals surface area contributed by atoms with Crippen LogP contribution in [0.3, 0.4) is 0 Å². The quantitative estimate of drug-likeness (QED) is 0.432. The zero-order chi connectivity index (χ0) is 21.3. The number of hydrogen-bond acceptors (Lipinski definition) is 2. The van der Waals surface area contributed by atoms with Gasteiger partial charge in [0.05, 0.1) is 16.8 Å². The third-order valence-corrected chi connectivity index (χ3v) is 4.86. The zero-order valence-electron chi connectivity index (χ0n) is 15.4. The van der Waals surface area contributed by atoms with Gasteiger partial charge >= 0.3 is 6.18 Å². The van der Waals surface area contributed by atoms with Gasteiger partial charge in [-0.1, -0.05) is 41.9 Å². The van der Waals surface area contributed by atoms with Gasteiger partial charge in [-0.3, -0.25) is 9.78 Å². The second-order valence-corrected chi connectivity index (χ2v) is 7.13. The van der Waals surface area contributed by atoms with Gasteiger partial charge in [0.2, 0.25) is 0 Å². The Bertz CT molecular complexity index is 1220. The number of carbonyl (C=O) groups is 1. The fourth-order valence-corrected chi connectivity index (χ4v) is 3.35. The van der Waals surface area contributed by atoms with Crippen LogP contribution in [0.4, 0.5) is 18.9 Å². The van der Waals surface area contributed by atoms with Crippen molar-refractivity contribution in [1.29, 1.82) is 0 Å². The molecule has 0 aliphatic carbocycles. The molecule has 2 heterocycles. The van der Waals surface area contributed by atoms with E-state index in [1.807, 2.05) is 28.8 Å². The summed E-state index contributed by atoms with van der Waals surface area (Å²) in [4.78, 5) is 16.6. The van der Waals surface area contributed by atoms with Crippen LogP contribution in [0.25, 0.3) is 10.9 Å². The van der Waals surface area contributed by atoms with E-state index in [1.165, 1.54) is 24.4 Å². The van der Waals surface area contributed by atoms with E-state index in [-0.39, 0.29) is 5.69 Å². The van der Waals surface area contributed by atoms with Crippen LogP contribution < -0.4 is 5.32 Å². The number of benzene rings is 2. The molecule has 0 bridgehead atoms. The zero-order valence-corrected chi connectivity index (χ0v) is 16.2. The van der Waals surface area contributed by atoms with Gasteiger partial charge in [0.15, 0.2) is 0 Å². The second-order valence-electron chi connectivity index (χ2n) is 6.70. The summed E-state index contributed by atoms with van der Waals surface area (Å²) in [5.74, 6) is -0.407. The van der Waals surface area contributed by atoms with Crippen LogP contribution in [0, 0.1) is 0 Å². The largest absolute Gasteiger partial charge is 0.416 e. The molecule has 0 saturated heterocycles. The van der Waals surface area contributed by atoms with Gasteiger partial charge in [-0.05, 0) is 35.9 Å². The smallest absolute Gasteiger partial charge is 0.341 e. The molecule has 0 unspecified atom stereocenters. The maximum Gasteiger partial charge on any atom is 0.416 e. The van der Waals surface area contributed by atoms with Crippen molar-refractivity contribution in [1.82, 2.24) is 9.55 Å². The molecular weight excluding hydrogens is 415 g/mol. The summed E-state index contributed by atoms with van der Waals surface area (Å²) in [5, 5.41) is 4.04. The molecule has 152 valence electrons. The van der Waals surface area contributed by atoms with Crippen LogP contribution in [-0.4, -0.2) is 15.5 Å². The number of aromatic nitrogens is 2. The Labute approximate surface area is 174 Å². The van der Waals surface area contributed by atoms with Crippen LogP contribution in [0.1, 0.15) is 21.6 Å². The minimum Gasteiger partial charge on any atom is -0.341 e. The fourth-order valence-electron chi connectivity index (χ4n) is 3.19. The number of carbonyl (C=O) groups excluding carboxylic acids is 1. The highest BCUT2D eigenvalue weighted by Gasteiger charge is 2.29. The van der Waals surface area contributed by atoms with Gasteiger partial charge in [0, 0.05) is 29.3 Å². The number of hydrogen-bond donors (Lipinski definition) is 1. The first-order chi connectivity index (χ1) is 14.3. The summed E-state index contributed by atoms with van der Waals surface area (Å²) in [6.45, 7) is 0.351. The lowest BCUT2D eigenvalue weighted by molar-refractivity contribution is -0.137. The van der Waals surface area contributed by atoms with E-state index in [0.29, 0.717) is 22.8 Å². The Morgan fingerprint density at radius 2 is 1.80 bits per heavy atom. The van der Waals surface area contributed by atoms with Crippen molar-refractivity contribution >= 4 is 34.1 Å². The van der Waals surface area contributed by atoms with Crippen LogP contribution >= 0.6 is 11.6 Å². The molecule has 1 N–H and O–H groups in total. The average molecular weight is 430 g/mol. The average Bonchev–Trinajstić information content (AvgIpc) is 3.05. The number of alkyl halides is 3. The van der Waals surface area contributed by atoms with E-state index in [9.17, 15) is 18.0 Å². The topological polar surface area (TPSA) is 46.9 Å². The normalized spacial score (nSPS) is 11.6. The fraction of sp³-hybridized carbons (Fsp3) is 0.0909. The molecule has 0 radical (unpaired) electrons. The summed E-state index contributed by atoms with van der Waals surface area (Å²) in [7, 11) is 0. The van der Waals surface area contributed by atoms with Gasteiger partial charge in [-0.15, -0.1) is 0 Å². The first-order valence-electron chi connectivity index (χ1n) is 8.98. The highest BCUT2D eigenvalue weighted by molar-refractivity contribution is 6.31. The molecule has 0 spiro atoms. The molecule has 4 rings (SSSR count). The molecule has 0 aliphatic rings. The Hall–Kier alpha value is -3.32. The summed E-state index contributed by atoms with van der Waals surface area (Å²) in [6, 6.07) is 15.5. The van der Waals surface area contributed by atoms with E-state index in [0.717, 1.165) is 23.0 Å². The molecule has 2 aromatic carbocycles. The molecule has 0 fully saturated rings. The van der Waals surface area contributed by atoms with Crippen LogP contribution in [-0.2, 0) is 12.7 Å². The maximum atomic E-state index is 12.8. The molecule has 1 amide bonds. The van der Waals surface area contributed by atoms with E-state index in [4.69, 9.17) is 11.6 Å². The second kappa shape index (κ2) is 7.84. The lowest BCUT2D eigenvalue weighted by Crippen LogP contribution is -2.13. The Balaban J connectivity index is 1.63. The number of halogens is 4. The van der Waals surface area contributed by atoms with Crippen molar-refractivity contribution in [3.63, 3.8) is 0 Å². The van der Waals surface area contributed by atoms with Crippen molar-refractivity contribution in [3.8, 4) is 0 Å². The van der Waals surface area contributed by atoms with Crippen molar-refractivity contribution < 1.29 is 18.0 Å². The Kier molecular flexibility index (Phi) is 5.22. The predicted molar refractivity (Wildman–Crippen MR) is 110 cm³/mol. The number of rotatable bonds is 4. The monoisotopic (exact) mass is 429 g/mol. The van der Waals surface area contributed by atoms with Gasteiger partial charge in [-0.2, -0.15) is 13.2 Å². The SMILES string of the molecule is O=C(Nc1cn(Cc2ccc(C(F)(F)F)cc2)c2ccccc12)c1cc(Cl)ccn1. The first kappa shape index (κ1) is 20.0. The summed E-state index contributed by atoms with van der Waals surface area (Å²) in [5.41, 5.74) is 1.61. The van der Waals surface area contributed by atoms with Crippen LogP contribution in [0.2, 0.25) is 5.02 Å². The molecule has 0 aliphatic heterocycles. The molecule has 8 heteroatoms. The molecule has 0 atom stereocenters. The lowest BCUT2D eigenvalue weighted by atomic mass is 10.1. The van der Waals surface area contributed by atoms with Crippen LogP contribution in [0.15, 0.2) is 73.1 Å². The molecular formula is C22H15ClF3N3O. The van der Waals surface area contributed by atoms with Gasteiger partial charge < -0.3 is 9.88 Å². The van der Waals surface area contributed by atoms with Crippen molar-refractivity contribution in [3.05, 3.63) is 94.9 Å². The highest BCUT2D eigenvalue weighted by atomic mass is 35.5. The van der Waals surface area contributed by atoms with Gasteiger partial charge in [0.1, 0.15) is 5.69 Å². The number of pyridine rings is 1. The van der Waals surface area contributed by atoms with E-state index >= 15 is 0 Å². The standard InChI is InChI=1S/C22H15ClF3N3O/c23-16-9-10-27-18(11-16)21(30)28-19-13-29(20-4-2-1-3-17(19)20)12-14-5-7-15(8-6-14)22(24,25)26/h1-11,13H,12H2,(H,28,30). The Morgan fingerprint density at radius 1 is 1.07 bits per heavy atom. The van der Waals surface area contributed by atoms with Gasteiger partial charge in [-0.25, -0.2) is 0 Å². The predicted octanol–water partition coefficient (Wildman–Crippen LogP) is 6.01. The molecule has 2 aromatic heterocycles. The van der Waals surface area contributed by atoms with Crippen molar-refractivity contribution in [2.24, 2.45) is 0 Å². The molecule has 0 saturated carbocycles. The minimum atomic E-state index is -4.37. The maximum absolute atomic E-state index is 12.8. The number of para-hydroxylation sites is 1. The van der Waals surface area contributed by atoms with Crippen molar-refractivity contribution in [2.75, 3.05) is 5.32 Å². The molecule has 4 aromatic rings. The summed E-state index contributed by atoms with van der Waals surface area (Å²) in [6.07, 6.45) is -1.17.